The fourth-order valence-corrected chi connectivity index (χ4v) is 3.59. The van der Waals surface area contributed by atoms with Crippen molar-refractivity contribution in [2.75, 3.05) is 32.6 Å². The maximum absolute atomic E-state index is 12.8. The molecule has 0 aliphatic carbocycles. The smallest absolute Gasteiger partial charge is 0.328 e. The molecule has 0 fully saturated rings. The molecule has 0 unspecified atom stereocenters. The highest BCUT2D eigenvalue weighted by Crippen LogP contribution is 2.40. The van der Waals surface area contributed by atoms with Crippen molar-refractivity contribution in [2.45, 2.75) is 25.3 Å². The van der Waals surface area contributed by atoms with Crippen molar-refractivity contribution in [1.29, 1.82) is 0 Å². The Hall–Kier alpha value is -2.48. The molecule has 0 spiro atoms. The lowest BCUT2D eigenvalue weighted by atomic mass is 10.0. The Morgan fingerprint density at radius 2 is 1.81 bits per heavy atom. The maximum atomic E-state index is 12.8. The minimum absolute atomic E-state index is 0.0519. The van der Waals surface area contributed by atoms with E-state index in [0.717, 1.165) is 24.9 Å². The Kier molecular flexibility index (Phi) is 9.91. The maximum Gasteiger partial charge on any atom is 0.328 e. The molecule has 0 radical (unpaired) electrons. The van der Waals surface area contributed by atoms with E-state index in [4.69, 9.17) is 27.9 Å². The average Bonchev–Trinajstić information content (AvgIpc) is 2.77. The van der Waals surface area contributed by atoms with Crippen molar-refractivity contribution in [3.63, 3.8) is 0 Å². The van der Waals surface area contributed by atoms with E-state index in [1.807, 2.05) is 37.4 Å². The van der Waals surface area contributed by atoms with E-state index in [0.29, 0.717) is 12.2 Å². The van der Waals surface area contributed by atoms with Crippen molar-refractivity contribution < 1.29 is 19.4 Å². The van der Waals surface area contributed by atoms with Crippen LogP contribution in [-0.2, 0) is 16.0 Å². The number of ether oxygens (including phenoxy) is 1. The number of halogens is 2. The highest BCUT2D eigenvalue weighted by atomic mass is 35.5. The third kappa shape index (κ3) is 7.02. The second-order valence-electron chi connectivity index (χ2n) is 6.92. The number of benzene rings is 2. The number of esters is 1. The fraction of sp³-hybridized carbons (Fsp3) is 0.364. The van der Waals surface area contributed by atoms with Crippen LogP contribution in [0.3, 0.4) is 0 Å². The SMILES string of the molecule is CNCCCCNc1c(Cl)cc(C(=O)N[C@@H](Cc2ccccc2)C(=O)OC)c(O)c1Cl. The first-order valence-corrected chi connectivity index (χ1v) is 10.7. The second-order valence-corrected chi connectivity index (χ2v) is 7.71. The normalized spacial score (nSPS) is 11.6. The van der Waals surface area contributed by atoms with Gasteiger partial charge in [0.1, 0.15) is 16.8 Å². The van der Waals surface area contributed by atoms with Gasteiger partial charge in [0.2, 0.25) is 0 Å². The highest BCUT2D eigenvalue weighted by molar-refractivity contribution is 6.40. The van der Waals surface area contributed by atoms with Crippen LogP contribution >= 0.6 is 23.2 Å². The number of unbranched alkanes of at least 4 members (excludes halogenated alkanes) is 1. The minimum Gasteiger partial charge on any atom is -0.505 e. The van der Waals surface area contributed by atoms with Gasteiger partial charge in [-0.2, -0.15) is 0 Å². The summed E-state index contributed by atoms with van der Waals surface area (Å²) in [5.74, 6) is -1.70. The third-order valence-electron chi connectivity index (χ3n) is 4.67. The first-order valence-electron chi connectivity index (χ1n) is 9.91. The summed E-state index contributed by atoms with van der Waals surface area (Å²) in [6, 6.07) is 9.58. The summed E-state index contributed by atoms with van der Waals surface area (Å²) < 4.78 is 4.81. The summed E-state index contributed by atoms with van der Waals surface area (Å²) in [6.07, 6.45) is 2.06. The minimum atomic E-state index is -0.943. The molecule has 2 aromatic carbocycles. The van der Waals surface area contributed by atoms with Crippen molar-refractivity contribution in [1.82, 2.24) is 10.6 Å². The van der Waals surface area contributed by atoms with Gasteiger partial charge in [0, 0.05) is 13.0 Å². The van der Waals surface area contributed by atoms with Crippen LogP contribution in [-0.4, -0.2) is 50.3 Å². The van der Waals surface area contributed by atoms with E-state index in [-0.39, 0.29) is 22.0 Å². The monoisotopic (exact) mass is 467 g/mol. The largest absolute Gasteiger partial charge is 0.505 e. The predicted octanol–water partition coefficient (Wildman–Crippen LogP) is 3.62. The number of aromatic hydroxyl groups is 1. The van der Waals surface area contributed by atoms with Crippen molar-refractivity contribution in [2.24, 2.45) is 0 Å². The molecule has 0 heterocycles. The van der Waals surface area contributed by atoms with E-state index >= 15 is 0 Å². The fourth-order valence-electron chi connectivity index (χ4n) is 3.01. The predicted molar refractivity (Wildman–Crippen MR) is 123 cm³/mol. The van der Waals surface area contributed by atoms with Crippen LogP contribution < -0.4 is 16.0 Å². The van der Waals surface area contributed by atoms with Crippen molar-refractivity contribution in [3.05, 3.63) is 57.6 Å². The summed E-state index contributed by atoms with van der Waals surface area (Å²) >= 11 is 12.6. The first kappa shape index (κ1) is 24.8. The van der Waals surface area contributed by atoms with Gasteiger partial charge in [-0.15, -0.1) is 0 Å². The molecule has 2 rings (SSSR count). The van der Waals surface area contributed by atoms with Crippen LogP contribution in [0.25, 0.3) is 0 Å². The lowest BCUT2D eigenvalue weighted by Crippen LogP contribution is -2.43. The van der Waals surface area contributed by atoms with Gasteiger partial charge < -0.3 is 25.8 Å². The molecular weight excluding hydrogens is 441 g/mol. The van der Waals surface area contributed by atoms with E-state index in [1.54, 1.807) is 0 Å². The van der Waals surface area contributed by atoms with Crippen LogP contribution in [0.1, 0.15) is 28.8 Å². The summed E-state index contributed by atoms with van der Waals surface area (Å²) in [6.45, 7) is 1.49. The summed E-state index contributed by atoms with van der Waals surface area (Å²) in [7, 11) is 3.13. The van der Waals surface area contributed by atoms with Crippen LogP contribution in [0.5, 0.6) is 5.75 Å². The van der Waals surface area contributed by atoms with Gasteiger partial charge in [-0.05, 0) is 38.1 Å². The number of hydrogen-bond acceptors (Lipinski definition) is 6. The molecule has 0 aliphatic heterocycles. The lowest BCUT2D eigenvalue weighted by molar-refractivity contribution is -0.142. The number of carbonyl (C=O) groups is 2. The molecular formula is C22H27Cl2N3O4. The zero-order chi connectivity index (χ0) is 22.8. The molecule has 1 atom stereocenters. The summed E-state index contributed by atoms with van der Waals surface area (Å²) in [5.41, 5.74) is 1.07. The standard InChI is InChI=1S/C22H27Cl2N3O4/c1-25-10-6-7-11-26-19-16(23)13-15(20(28)18(19)24)21(29)27-17(22(30)31-2)12-14-8-4-3-5-9-14/h3-5,8-9,13,17,25-26,28H,6-7,10-12H2,1-2H3,(H,27,29)/t17-/m0/s1. The Morgan fingerprint density at radius 1 is 1.13 bits per heavy atom. The number of hydrogen-bond donors (Lipinski definition) is 4. The van der Waals surface area contributed by atoms with E-state index in [1.165, 1.54) is 13.2 Å². The number of rotatable bonds is 11. The molecule has 31 heavy (non-hydrogen) atoms. The molecule has 1 amide bonds. The molecule has 0 aromatic heterocycles. The van der Waals surface area contributed by atoms with Crippen molar-refractivity contribution in [3.8, 4) is 5.75 Å². The van der Waals surface area contributed by atoms with Gasteiger partial charge >= 0.3 is 5.97 Å². The number of methoxy groups -OCH3 is 1. The highest BCUT2D eigenvalue weighted by Gasteiger charge is 2.26. The quantitative estimate of drug-likeness (QED) is 0.297. The molecule has 0 aliphatic rings. The van der Waals surface area contributed by atoms with Crippen LogP contribution in [0.2, 0.25) is 10.0 Å². The first-order chi connectivity index (χ1) is 14.9. The number of anilines is 1. The Labute approximate surface area is 192 Å². The van der Waals surface area contributed by atoms with Gasteiger partial charge in [-0.1, -0.05) is 53.5 Å². The molecule has 4 N–H and O–H groups in total. The van der Waals surface area contributed by atoms with Gasteiger partial charge in [-0.3, -0.25) is 4.79 Å². The van der Waals surface area contributed by atoms with E-state index < -0.39 is 23.7 Å². The Morgan fingerprint density at radius 3 is 2.45 bits per heavy atom. The van der Waals surface area contributed by atoms with Gasteiger partial charge in [0.15, 0.2) is 0 Å². The topological polar surface area (TPSA) is 99.7 Å². The molecule has 9 heteroatoms. The number of phenolic OH excluding ortho intramolecular Hbond substituents is 1. The van der Waals surface area contributed by atoms with Crippen LogP contribution in [0.4, 0.5) is 5.69 Å². The zero-order valence-corrected chi connectivity index (χ0v) is 19.0. The molecule has 0 saturated heterocycles. The van der Waals surface area contributed by atoms with E-state index in [9.17, 15) is 14.7 Å². The number of amides is 1. The Bertz CT molecular complexity index is 894. The second kappa shape index (κ2) is 12.4. The van der Waals surface area contributed by atoms with Gasteiger partial charge in [0.25, 0.3) is 5.91 Å². The zero-order valence-electron chi connectivity index (χ0n) is 17.5. The van der Waals surface area contributed by atoms with Gasteiger partial charge in [0.05, 0.1) is 23.4 Å². The summed E-state index contributed by atoms with van der Waals surface area (Å²) in [5, 5.41) is 19.4. The number of carbonyl (C=O) groups excluding carboxylic acids is 2. The number of nitrogens with one attached hydrogen (secondary N) is 3. The molecule has 168 valence electrons. The lowest BCUT2D eigenvalue weighted by Gasteiger charge is -2.18. The third-order valence-corrected chi connectivity index (χ3v) is 5.33. The van der Waals surface area contributed by atoms with Crippen molar-refractivity contribution >= 4 is 40.8 Å². The van der Waals surface area contributed by atoms with E-state index in [2.05, 4.69) is 16.0 Å². The van der Waals surface area contributed by atoms with Gasteiger partial charge in [-0.25, -0.2) is 4.79 Å². The van der Waals surface area contributed by atoms with Crippen LogP contribution in [0, 0.1) is 0 Å². The molecule has 0 saturated carbocycles. The van der Waals surface area contributed by atoms with Crippen LogP contribution in [0.15, 0.2) is 36.4 Å². The number of phenols is 1. The molecule has 7 nitrogen and oxygen atoms in total. The molecule has 0 bridgehead atoms. The summed E-state index contributed by atoms with van der Waals surface area (Å²) in [4.78, 5) is 25.0. The Balaban J connectivity index is 2.16. The molecule has 2 aromatic rings. The average molecular weight is 468 g/mol.